The van der Waals surface area contributed by atoms with Crippen molar-refractivity contribution in [3.63, 3.8) is 0 Å². The van der Waals surface area contributed by atoms with Crippen LogP contribution in [0.5, 0.6) is 17.2 Å². The number of likely N-dealkylation sites (N-methyl/N-ethyl adjacent to an activating group) is 1. The molecule has 0 saturated carbocycles. The van der Waals surface area contributed by atoms with Crippen LogP contribution in [0, 0.1) is 0 Å². The molecular formula is C42H47N3O4. The highest BCUT2D eigenvalue weighted by atomic mass is 16.5. The van der Waals surface area contributed by atoms with Crippen molar-refractivity contribution in [3.8, 4) is 17.2 Å². The lowest BCUT2D eigenvalue weighted by molar-refractivity contribution is 0.0582. The molecule has 0 bridgehead atoms. The van der Waals surface area contributed by atoms with E-state index in [1.165, 1.54) is 56.2 Å². The van der Waals surface area contributed by atoms with Crippen LogP contribution in [0.3, 0.4) is 0 Å². The number of anilines is 1. The van der Waals surface area contributed by atoms with Crippen molar-refractivity contribution in [2.75, 3.05) is 18.6 Å². The number of esters is 1. The Labute approximate surface area is 290 Å². The second kappa shape index (κ2) is 15.1. The van der Waals surface area contributed by atoms with Crippen LogP contribution in [-0.4, -0.2) is 25.3 Å². The Bertz CT molecular complexity index is 1800. The molecule has 1 unspecified atom stereocenters. The van der Waals surface area contributed by atoms with Crippen LogP contribution in [0.15, 0.2) is 107 Å². The summed E-state index contributed by atoms with van der Waals surface area (Å²) in [6, 6.07) is 28.4. The fraction of sp³-hybridized carbons (Fsp3) is 0.357. The van der Waals surface area contributed by atoms with Gasteiger partial charge in [0, 0.05) is 18.3 Å². The van der Waals surface area contributed by atoms with Crippen molar-refractivity contribution in [2.24, 2.45) is 10.2 Å². The van der Waals surface area contributed by atoms with E-state index in [1.54, 1.807) is 36.4 Å². The molecule has 7 nitrogen and oxygen atoms in total. The molecule has 254 valence electrons. The van der Waals surface area contributed by atoms with Gasteiger partial charge in [-0.15, -0.1) is 0 Å². The lowest BCUT2D eigenvalue weighted by Gasteiger charge is -2.45. The van der Waals surface area contributed by atoms with E-state index in [0.29, 0.717) is 29.3 Å². The largest absolute Gasteiger partial charge is 0.494 e. The van der Waals surface area contributed by atoms with Gasteiger partial charge in [0.05, 0.1) is 29.0 Å². The number of fused-ring (bicyclic) bond motifs is 2. The minimum atomic E-state index is -0.623. The minimum absolute atomic E-state index is 0.253. The zero-order chi connectivity index (χ0) is 34.3. The van der Waals surface area contributed by atoms with E-state index in [2.05, 4.69) is 79.4 Å². The van der Waals surface area contributed by atoms with Crippen molar-refractivity contribution in [3.05, 3.63) is 114 Å². The van der Waals surface area contributed by atoms with E-state index >= 15 is 0 Å². The topological polar surface area (TPSA) is 72.7 Å². The molecule has 0 aromatic heterocycles. The van der Waals surface area contributed by atoms with Gasteiger partial charge in [0.2, 0.25) is 5.72 Å². The highest BCUT2D eigenvalue weighted by molar-refractivity contribution is 5.91. The lowest BCUT2D eigenvalue weighted by Crippen LogP contribution is -2.58. The summed E-state index contributed by atoms with van der Waals surface area (Å²) in [4.78, 5) is 15.0. The molecule has 4 aromatic carbocycles. The predicted molar refractivity (Wildman–Crippen MR) is 197 cm³/mol. The van der Waals surface area contributed by atoms with Gasteiger partial charge in [-0.25, -0.2) is 4.79 Å². The van der Waals surface area contributed by atoms with Gasteiger partial charge in [-0.1, -0.05) is 70.1 Å². The molecule has 0 fully saturated rings. The number of nitrogens with zero attached hydrogens (tertiary/aromatic N) is 3. The summed E-state index contributed by atoms with van der Waals surface area (Å²) in [5, 5.41) is 8.85. The monoisotopic (exact) mass is 657 g/mol. The number of rotatable bonds is 14. The van der Waals surface area contributed by atoms with Gasteiger partial charge in [0.25, 0.3) is 0 Å². The Hall–Kier alpha value is -4.91. The van der Waals surface area contributed by atoms with Crippen molar-refractivity contribution < 1.29 is 19.0 Å². The average molecular weight is 658 g/mol. The van der Waals surface area contributed by atoms with E-state index < -0.39 is 11.7 Å². The fourth-order valence-electron chi connectivity index (χ4n) is 6.80. The number of carbonyl (C=O) groups excluding carboxylic acids is 1. The summed E-state index contributed by atoms with van der Waals surface area (Å²) in [5.41, 5.74) is 4.34. The Morgan fingerprint density at radius 3 is 2.16 bits per heavy atom. The maximum Gasteiger partial charge on any atom is 0.343 e. The van der Waals surface area contributed by atoms with Gasteiger partial charge < -0.3 is 19.1 Å². The zero-order valence-electron chi connectivity index (χ0n) is 29.2. The number of unbranched alkanes of at least 4 members (excludes halogenated alkanes) is 7. The van der Waals surface area contributed by atoms with E-state index in [9.17, 15) is 4.79 Å². The standard InChI is InChI=1S/C42H47N3O4/c1-5-6-7-8-9-10-11-14-29-47-35-22-17-31(18-23-35)40(46)48-36-24-19-33(20-25-36)43-44-34-21-26-39-32(30-34)27-28-42(49-39)41(2,3)37-15-12-13-16-38(37)45(42)4/h12-13,15-28,30H,5-11,14,29H2,1-4H3. The van der Waals surface area contributed by atoms with Crippen LogP contribution < -0.4 is 19.1 Å². The van der Waals surface area contributed by atoms with Crippen LogP contribution in [0.1, 0.15) is 93.6 Å². The van der Waals surface area contributed by atoms with Crippen molar-refractivity contribution in [2.45, 2.75) is 83.3 Å². The van der Waals surface area contributed by atoms with Gasteiger partial charge in [-0.05, 0) is 111 Å². The number of benzene rings is 4. The molecule has 0 aliphatic carbocycles. The van der Waals surface area contributed by atoms with Crippen molar-refractivity contribution in [1.82, 2.24) is 0 Å². The molecule has 0 amide bonds. The van der Waals surface area contributed by atoms with Crippen molar-refractivity contribution >= 4 is 29.1 Å². The molecular weight excluding hydrogens is 610 g/mol. The first-order chi connectivity index (χ1) is 23.8. The Morgan fingerprint density at radius 2 is 1.43 bits per heavy atom. The molecule has 2 heterocycles. The summed E-state index contributed by atoms with van der Waals surface area (Å²) in [7, 11) is 2.09. The SMILES string of the molecule is CCCCCCCCCCOc1ccc(C(=O)Oc2ccc(N=Nc3ccc4c(c3)C=CC3(O4)N(C)c4ccccc4C3(C)C)cc2)cc1. The summed E-state index contributed by atoms with van der Waals surface area (Å²) in [6.07, 6.45) is 14.4. The zero-order valence-corrected chi connectivity index (χ0v) is 29.2. The van der Waals surface area contributed by atoms with E-state index in [-0.39, 0.29) is 5.41 Å². The number of hydrogen-bond acceptors (Lipinski definition) is 7. The summed E-state index contributed by atoms with van der Waals surface area (Å²) in [6.45, 7) is 7.39. The van der Waals surface area contributed by atoms with Gasteiger partial charge in [-0.3, -0.25) is 0 Å². The quantitative estimate of drug-likeness (QED) is 0.0584. The van der Waals surface area contributed by atoms with Crippen LogP contribution in [0.4, 0.5) is 17.1 Å². The highest BCUT2D eigenvalue weighted by Gasteiger charge is 2.57. The van der Waals surface area contributed by atoms with Crippen LogP contribution in [0.25, 0.3) is 6.08 Å². The first-order valence-corrected chi connectivity index (χ1v) is 17.6. The first kappa shape index (κ1) is 34.0. The number of azo groups is 1. The average Bonchev–Trinajstić information content (AvgIpc) is 3.28. The maximum atomic E-state index is 12.7. The molecule has 1 atom stereocenters. The van der Waals surface area contributed by atoms with E-state index in [1.807, 2.05) is 30.3 Å². The van der Waals surface area contributed by atoms with Gasteiger partial charge in [0.1, 0.15) is 17.2 Å². The van der Waals surface area contributed by atoms with Crippen LogP contribution >= 0.6 is 0 Å². The Kier molecular flexibility index (Phi) is 10.5. The summed E-state index contributed by atoms with van der Waals surface area (Å²) in [5.74, 6) is 1.58. The summed E-state index contributed by atoms with van der Waals surface area (Å²) < 4.78 is 18.2. The van der Waals surface area contributed by atoms with E-state index in [0.717, 1.165) is 23.5 Å². The highest BCUT2D eigenvalue weighted by Crippen LogP contribution is 2.54. The molecule has 49 heavy (non-hydrogen) atoms. The van der Waals surface area contributed by atoms with Crippen LogP contribution in [0.2, 0.25) is 0 Å². The second-order valence-corrected chi connectivity index (χ2v) is 13.5. The maximum absolute atomic E-state index is 12.7. The number of para-hydroxylation sites is 1. The Morgan fingerprint density at radius 1 is 0.776 bits per heavy atom. The Balaban J connectivity index is 0.987. The van der Waals surface area contributed by atoms with Crippen LogP contribution in [-0.2, 0) is 5.41 Å². The first-order valence-electron chi connectivity index (χ1n) is 17.6. The molecule has 7 heteroatoms. The molecule has 0 radical (unpaired) electrons. The molecule has 0 saturated heterocycles. The molecule has 2 aliphatic heterocycles. The third kappa shape index (κ3) is 7.41. The fourth-order valence-corrected chi connectivity index (χ4v) is 6.80. The summed E-state index contributed by atoms with van der Waals surface area (Å²) >= 11 is 0. The smallest absolute Gasteiger partial charge is 0.343 e. The minimum Gasteiger partial charge on any atom is -0.494 e. The number of carbonyl (C=O) groups is 1. The normalized spacial score (nSPS) is 17.2. The molecule has 1 spiro atoms. The third-order valence-electron chi connectivity index (χ3n) is 9.77. The van der Waals surface area contributed by atoms with Crippen molar-refractivity contribution in [1.29, 1.82) is 0 Å². The second-order valence-electron chi connectivity index (χ2n) is 13.5. The van der Waals surface area contributed by atoms with E-state index in [4.69, 9.17) is 14.2 Å². The van der Waals surface area contributed by atoms with Gasteiger partial charge in [-0.2, -0.15) is 10.2 Å². The van der Waals surface area contributed by atoms with Gasteiger partial charge in [0.15, 0.2) is 0 Å². The molecule has 4 aromatic rings. The lowest BCUT2D eigenvalue weighted by atomic mass is 9.76. The predicted octanol–water partition coefficient (Wildman–Crippen LogP) is 11.4. The molecule has 2 aliphatic rings. The third-order valence-corrected chi connectivity index (χ3v) is 9.77. The molecule has 0 N–H and O–H groups in total. The number of hydrogen-bond donors (Lipinski definition) is 0. The van der Waals surface area contributed by atoms with Gasteiger partial charge >= 0.3 is 5.97 Å². The molecule has 6 rings (SSSR count). The number of ether oxygens (including phenoxy) is 3.